The van der Waals surface area contributed by atoms with Crippen molar-refractivity contribution in [3.8, 4) is 0 Å². The van der Waals surface area contributed by atoms with Crippen LogP contribution in [0, 0.1) is 5.41 Å². The topological polar surface area (TPSA) is 43.8 Å². The fourth-order valence-electron chi connectivity index (χ4n) is 2.08. The van der Waals surface area contributed by atoms with Gasteiger partial charge in [0.1, 0.15) is 0 Å². The highest BCUT2D eigenvalue weighted by atomic mass is 16.4. The van der Waals surface area contributed by atoms with Gasteiger partial charge >= 0.3 is 5.97 Å². The van der Waals surface area contributed by atoms with Gasteiger partial charge in [-0.2, -0.15) is 0 Å². The maximum atomic E-state index is 11.2. The van der Waals surface area contributed by atoms with Gasteiger partial charge in [-0.05, 0) is 39.9 Å². The van der Waals surface area contributed by atoms with Crippen molar-refractivity contribution >= 4 is 5.97 Å². The summed E-state index contributed by atoms with van der Waals surface area (Å²) in [6, 6.07) is 0. The SMILES string of the molecule is CCC(C)(CN1CCCN(C)CC1)C(=O)O. The minimum atomic E-state index is -0.674. The van der Waals surface area contributed by atoms with Crippen LogP contribution in [0.25, 0.3) is 0 Å². The molecule has 0 aromatic heterocycles. The van der Waals surface area contributed by atoms with Crippen LogP contribution in [0.2, 0.25) is 0 Å². The summed E-state index contributed by atoms with van der Waals surface area (Å²) in [4.78, 5) is 15.8. The monoisotopic (exact) mass is 228 g/mol. The zero-order valence-electron chi connectivity index (χ0n) is 10.7. The predicted octanol–water partition coefficient (Wildman–Crippen LogP) is 1.12. The molecule has 1 saturated heterocycles. The van der Waals surface area contributed by atoms with Crippen molar-refractivity contribution in [1.82, 2.24) is 9.80 Å². The van der Waals surface area contributed by atoms with E-state index in [0.29, 0.717) is 13.0 Å². The Morgan fingerprint density at radius 1 is 1.31 bits per heavy atom. The molecule has 4 nitrogen and oxygen atoms in total. The van der Waals surface area contributed by atoms with E-state index < -0.39 is 11.4 Å². The van der Waals surface area contributed by atoms with Gasteiger partial charge in [0.05, 0.1) is 5.41 Å². The highest BCUT2D eigenvalue weighted by molar-refractivity contribution is 5.74. The molecule has 0 radical (unpaired) electrons. The van der Waals surface area contributed by atoms with E-state index in [1.165, 1.54) is 0 Å². The molecule has 1 aliphatic heterocycles. The first-order valence-corrected chi connectivity index (χ1v) is 6.12. The molecular formula is C12H24N2O2. The lowest BCUT2D eigenvalue weighted by atomic mass is 9.87. The Morgan fingerprint density at radius 3 is 2.56 bits per heavy atom. The summed E-state index contributed by atoms with van der Waals surface area (Å²) in [7, 11) is 2.12. The summed E-state index contributed by atoms with van der Waals surface area (Å²) in [5, 5.41) is 9.25. The Hall–Kier alpha value is -0.610. The lowest BCUT2D eigenvalue weighted by Crippen LogP contribution is -2.42. The first kappa shape index (κ1) is 13.5. The molecule has 4 heteroatoms. The maximum absolute atomic E-state index is 11.2. The Labute approximate surface area is 98.2 Å². The van der Waals surface area contributed by atoms with Crippen molar-refractivity contribution in [2.24, 2.45) is 5.41 Å². The number of rotatable bonds is 4. The van der Waals surface area contributed by atoms with Crippen LogP contribution in [-0.4, -0.2) is 60.6 Å². The van der Waals surface area contributed by atoms with Gasteiger partial charge in [-0.15, -0.1) is 0 Å². The smallest absolute Gasteiger partial charge is 0.310 e. The van der Waals surface area contributed by atoms with E-state index in [9.17, 15) is 9.90 Å². The summed E-state index contributed by atoms with van der Waals surface area (Å²) >= 11 is 0. The molecule has 0 amide bonds. The van der Waals surface area contributed by atoms with Gasteiger partial charge in [-0.1, -0.05) is 6.92 Å². The van der Waals surface area contributed by atoms with Gasteiger partial charge in [-0.25, -0.2) is 0 Å². The number of carboxylic acids is 1. The van der Waals surface area contributed by atoms with Crippen LogP contribution < -0.4 is 0 Å². The van der Waals surface area contributed by atoms with Crippen LogP contribution in [-0.2, 0) is 4.79 Å². The number of carboxylic acid groups (broad SMARTS) is 1. The van der Waals surface area contributed by atoms with Crippen molar-refractivity contribution in [1.29, 1.82) is 0 Å². The van der Waals surface area contributed by atoms with Crippen molar-refractivity contribution in [2.75, 3.05) is 39.8 Å². The molecule has 94 valence electrons. The highest BCUT2D eigenvalue weighted by Gasteiger charge is 2.33. The molecule has 0 aromatic rings. The summed E-state index contributed by atoms with van der Waals surface area (Å²) < 4.78 is 0. The van der Waals surface area contributed by atoms with E-state index in [4.69, 9.17) is 0 Å². The molecule has 1 atom stereocenters. The molecule has 0 bridgehead atoms. The van der Waals surface area contributed by atoms with Gasteiger partial charge in [-0.3, -0.25) is 4.79 Å². The van der Waals surface area contributed by atoms with E-state index in [-0.39, 0.29) is 0 Å². The third-order valence-corrected chi connectivity index (χ3v) is 3.68. The van der Waals surface area contributed by atoms with E-state index in [2.05, 4.69) is 16.8 Å². The Kier molecular flexibility index (Phi) is 4.74. The molecule has 16 heavy (non-hydrogen) atoms. The lowest BCUT2D eigenvalue weighted by Gasteiger charge is -2.30. The van der Waals surface area contributed by atoms with Crippen LogP contribution >= 0.6 is 0 Å². The van der Waals surface area contributed by atoms with Crippen molar-refractivity contribution in [3.63, 3.8) is 0 Å². The van der Waals surface area contributed by atoms with Gasteiger partial charge in [0, 0.05) is 19.6 Å². The molecule has 0 aliphatic carbocycles. The van der Waals surface area contributed by atoms with Gasteiger partial charge in [0.25, 0.3) is 0 Å². The second-order valence-corrected chi connectivity index (χ2v) is 5.15. The average molecular weight is 228 g/mol. The molecule has 1 heterocycles. The van der Waals surface area contributed by atoms with Crippen molar-refractivity contribution in [3.05, 3.63) is 0 Å². The average Bonchev–Trinajstić information content (AvgIpc) is 2.43. The number of carbonyl (C=O) groups is 1. The number of hydrogen-bond donors (Lipinski definition) is 1. The van der Waals surface area contributed by atoms with E-state index >= 15 is 0 Å². The van der Waals surface area contributed by atoms with Crippen LogP contribution in [0.1, 0.15) is 26.7 Å². The minimum Gasteiger partial charge on any atom is -0.481 e. The fraction of sp³-hybridized carbons (Fsp3) is 0.917. The zero-order valence-corrected chi connectivity index (χ0v) is 10.7. The maximum Gasteiger partial charge on any atom is 0.310 e. The van der Waals surface area contributed by atoms with E-state index in [0.717, 1.165) is 32.6 Å². The molecule has 1 aliphatic rings. The normalized spacial score (nSPS) is 23.7. The fourth-order valence-corrected chi connectivity index (χ4v) is 2.08. The molecular weight excluding hydrogens is 204 g/mol. The molecule has 1 fully saturated rings. The lowest BCUT2D eigenvalue weighted by molar-refractivity contribution is -0.149. The number of hydrogen-bond acceptors (Lipinski definition) is 3. The Bertz CT molecular complexity index is 245. The molecule has 0 spiro atoms. The van der Waals surface area contributed by atoms with E-state index in [1.54, 1.807) is 0 Å². The van der Waals surface area contributed by atoms with Crippen molar-refractivity contribution in [2.45, 2.75) is 26.7 Å². The molecule has 1 unspecified atom stereocenters. The van der Waals surface area contributed by atoms with Crippen LogP contribution in [0.15, 0.2) is 0 Å². The second kappa shape index (κ2) is 5.64. The summed E-state index contributed by atoms with van der Waals surface area (Å²) in [5.74, 6) is -0.674. The molecule has 1 rings (SSSR count). The number of aliphatic carboxylic acids is 1. The summed E-state index contributed by atoms with van der Waals surface area (Å²) in [6.07, 6.45) is 1.82. The zero-order chi connectivity index (χ0) is 12.2. The predicted molar refractivity (Wildman–Crippen MR) is 64.6 cm³/mol. The summed E-state index contributed by atoms with van der Waals surface area (Å²) in [5.41, 5.74) is -0.594. The third-order valence-electron chi connectivity index (χ3n) is 3.68. The first-order valence-electron chi connectivity index (χ1n) is 6.12. The quantitative estimate of drug-likeness (QED) is 0.783. The van der Waals surface area contributed by atoms with Crippen molar-refractivity contribution < 1.29 is 9.90 Å². The Morgan fingerprint density at radius 2 is 2.00 bits per heavy atom. The number of likely N-dealkylation sites (N-methyl/N-ethyl adjacent to an activating group) is 1. The van der Waals surface area contributed by atoms with Gasteiger partial charge < -0.3 is 14.9 Å². The van der Waals surface area contributed by atoms with Gasteiger partial charge in [0.15, 0.2) is 0 Å². The standard InChI is InChI=1S/C12H24N2O2/c1-4-12(2,11(15)16)10-14-7-5-6-13(3)8-9-14/h4-10H2,1-3H3,(H,15,16). The van der Waals surface area contributed by atoms with Crippen LogP contribution in [0.5, 0.6) is 0 Å². The summed E-state index contributed by atoms with van der Waals surface area (Å²) in [6.45, 7) is 8.65. The molecule has 0 saturated carbocycles. The van der Waals surface area contributed by atoms with E-state index in [1.807, 2.05) is 13.8 Å². The highest BCUT2D eigenvalue weighted by Crippen LogP contribution is 2.23. The van der Waals surface area contributed by atoms with Crippen LogP contribution in [0.4, 0.5) is 0 Å². The first-order chi connectivity index (χ1) is 7.48. The Balaban J connectivity index is 2.54. The number of nitrogens with zero attached hydrogens (tertiary/aromatic N) is 2. The third kappa shape index (κ3) is 3.46. The van der Waals surface area contributed by atoms with Crippen LogP contribution in [0.3, 0.4) is 0 Å². The second-order valence-electron chi connectivity index (χ2n) is 5.15. The van der Waals surface area contributed by atoms with Gasteiger partial charge in [0.2, 0.25) is 0 Å². The largest absolute Gasteiger partial charge is 0.481 e. The molecule has 1 N–H and O–H groups in total. The molecule has 0 aromatic carbocycles. The minimum absolute atomic E-state index is 0.594.